The topological polar surface area (TPSA) is 53.0 Å². The Morgan fingerprint density at radius 1 is 1.19 bits per heavy atom. The van der Waals surface area contributed by atoms with Gasteiger partial charge in [0.15, 0.2) is 0 Å². The third kappa shape index (κ3) is 4.94. The summed E-state index contributed by atoms with van der Waals surface area (Å²) < 4.78 is 5.56. The van der Waals surface area contributed by atoms with Crippen LogP contribution < -0.4 is 0 Å². The average Bonchev–Trinajstić information content (AvgIpc) is 2.54. The first-order valence-corrected chi connectivity index (χ1v) is 8.49. The molecule has 2 rings (SSSR count). The van der Waals surface area contributed by atoms with Crippen LogP contribution in [0.4, 0.5) is 0 Å². The van der Waals surface area contributed by atoms with Gasteiger partial charge in [-0.25, -0.2) is 0 Å². The Bertz CT molecular complexity index is 317. The van der Waals surface area contributed by atoms with E-state index >= 15 is 0 Å². The smallest absolute Gasteiger partial charge is 0.236 e. The Morgan fingerprint density at radius 2 is 1.95 bits per heavy atom. The lowest BCUT2D eigenvalue weighted by Gasteiger charge is -2.38. The van der Waals surface area contributed by atoms with Crippen LogP contribution in [0.5, 0.6) is 0 Å². The number of aliphatic hydroxyl groups is 1. The number of carbonyl (C=O) groups is 1. The second-order valence-corrected chi connectivity index (χ2v) is 6.21. The molecule has 5 heteroatoms. The standard InChI is InChI=1S/C16H30N2O3/c1-2-14-5-3-4-8-18(14)16(20)13-17-9-6-15(7-10-17)21-12-11-19/h14-15,19H,2-13H2,1H3. The summed E-state index contributed by atoms with van der Waals surface area (Å²) in [6.07, 6.45) is 6.83. The fourth-order valence-electron chi connectivity index (χ4n) is 3.49. The van der Waals surface area contributed by atoms with Crippen molar-refractivity contribution in [2.75, 3.05) is 39.4 Å². The lowest BCUT2D eigenvalue weighted by Crippen LogP contribution is -2.49. The van der Waals surface area contributed by atoms with E-state index in [0.717, 1.165) is 45.3 Å². The maximum Gasteiger partial charge on any atom is 0.236 e. The molecular formula is C16H30N2O3. The minimum atomic E-state index is 0.0894. The highest BCUT2D eigenvalue weighted by molar-refractivity contribution is 5.78. The summed E-state index contributed by atoms with van der Waals surface area (Å²) in [7, 11) is 0. The van der Waals surface area contributed by atoms with Crippen molar-refractivity contribution in [3.05, 3.63) is 0 Å². The molecule has 0 aliphatic carbocycles. The molecule has 5 nitrogen and oxygen atoms in total. The number of rotatable bonds is 6. The number of ether oxygens (including phenoxy) is 1. The number of piperidine rings is 2. The summed E-state index contributed by atoms with van der Waals surface area (Å²) in [5, 5.41) is 8.77. The zero-order valence-electron chi connectivity index (χ0n) is 13.3. The predicted octanol–water partition coefficient (Wildman–Crippen LogP) is 1.25. The van der Waals surface area contributed by atoms with Crippen LogP contribution in [0.3, 0.4) is 0 Å². The van der Waals surface area contributed by atoms with Gasteiger partial charge in [-0.3, -0.25) is 9.69 Å². The highest BCUT2D eigenvalue weighted by Crippen LogP contribution is 2.20. The monoisotopic (exact) mass is 298 g/mol. The summed E-state index contributed by atoms with van der Waals surface area (Å²) >= 11 is 0. The maximum absolute atomic E-state index is 12.5. The lowest BCUT2D eigenvalue weighted by molar-refractivity contribution is -0.136. The Hall–Kier alpha value is -0.650. The molecule has 0 aromatic carbocycles. The SMILES string of the molecule is CCC1CCCCN1C(=O)CN1CCC(OCCO)CC1. The first-order chi connectivity index (χ1) is 10.2. The second-order valence-electron chi connectivity index (χ2n) is 6.21. The van der Waals surface area contributed by atoms with Crippen molar-refractivity contribution in [2.24, 2.45) is 0 Å². The van der Waals surface area contributed by atoms with Crippen molar-refractivity contribution in [3.63, 3.8) is 0 Å². The van der Waals surface area contributed by atoms with E-state index in [9.17, 15) is 4.79 Å². The summed E-state index contributed by atoms with van der Waals surface area (Å²) in [4.78, 5) is 16.9. The summed E-state index contributed by atoms with van der Waals surface area (Å²) in [6, 6.07) is 0.455. The van der Waals surface area contributed by atoms with Crippen molar-refractivity contribution in [2.45, 2.75) is 57.6 Å². The van der Waals surface area contributed by atoms with E-state index in [4.69, 9.17) is 9.84 Å². The molecule has 0 aromatic rings. The molecule has 0 bridgehead atoms. The van der Waals surface area contributed by atoms with Crippen LogP contribution in [0.25, 0.3) is 0 Å². The average molecular weight is 298 g/mol. The molecule has 0 saturated carbocycles. The molecule has 1 atom stereocenters. The number of nitrogens with zero attached hydrogens (tertiary/aromatic N) is 2. The highest BCUT2D eigenvalue weighted by Gasteiger charge is 2.28. The van der Waals surface area contributed by atoms with Gasteiger partial charge < -0.3 is 14.7 Å². The second kappa shape index (κ2) is 8.71. The largest absolute Gasteiger partial charge is 0.394 e. The first kappa shape index (κ1) is 16.7. The number of likely N-dealkylation sites (tertiary alicyclic amines) is 2. The molecule has 2 heterocycles. The molecule has 2 fully saturated rings. The summed E-state index contributed by atoms with van der Waals surface area (Å²) in [5.74, 6) is 0.302. The molecule has 2 aliphatic heterocycles. The van der Waals surface area contributed by atoms with Gasteiger partial charge in [0, 0.05) is 25.7 Å². The molecular weight excluding hydrogens is 268 g/mol. The number of aliphatic hydroxyl groups excluding tert-OH is 1. The van der Waals surface area contributed by atoms with Crippen molar-refractivity contribution in [1.29, 1.82) is 0 Å². The van der Waals surface area contributed by atoms with Gasteiger partial charge in [-0.1, -0.05) is 6.92 Å². The van der Waals surface area contributed by atoms with E-state index in [0.29, 0.717) is 25.1 Å². The Labute approximate surface area is 128 Å². The highest BCUT2D eigenvalue weighted by atomic mass is 16.5. The molecule has 1 unspecified atom stereocenters. The van der Waals surface area contributed by atoms with Gasteiger partial charge in [-0.2, -0.15) is 0 Å². The van der Waals surface area contributed by atoms with Crippen LogP contribution in [0, 0.1) is 0 Å². The van der Waals surface area contributed by atoms with Gasteiger partial charge >= 0.3 is 0 Å². The fourth-order valence-corrected chi connectivity index (χ4v) is 3.49. The van der Waals surface area contributed by atoms with Crippen LogP contribution in [-0.4, -0.2) is 72.4 Å². The predicted molar refractivity (Wildman–Crippen MR) is 82.1 cm³/mol. The number of hydrogen-bond donors (Lipinski definition) is 1. The van der Waals surface area contributed by atoms with Crippen molar-refractivity contribution in [1.82, 2.24) is 9.80 Å². The van der Waals surface area contributed by atoms with E-state index < -0.39 is 0 Å². The van der Waals surface area contributed by atoms with Crippen molar-refractivity contribution in [3.8, 4) is 0 Å². The van der Waals surface area contributed by atoms with Gasteiger partial charge in [0.25, 0.3) is 0 Å². The number of hydrogen-bond acceptors (Lipinski definition) is 4. The molecule has 2 aliphatic rings. The minimum absolute atomic E-state index is 0.0894. The van der Waals surface area contributed by atoms with Gasteiger partial charge in [0.05, 0.1) is 25.9 Å². The Morgan fingerprint density at radius 3 is 2.62 bits per heavy atom. The molecule has 0 aromatic heterocycles. The van der Waals surface area contributed by atoms with Crippen LogP contribution >= 0.6 is 0 Å². The Kier molecular flexibility index (Phi) is 6.93. The van der Waals surface area contributed by atoms with Crippen molar-refractivity contribution >= 4 is 5.91 Å². The van der Waals surface area contributed by atoms with E-state index in [-0.39, 0.29) is 12.7 Å². The molecule has 1 N–H and O–H groups in total. The molecule has 1 amide bonds. The van der Waals surface area contributed by atoms with Crippen LogP contribution in [-0.2, 0) is 9.53 Å². The maximum atomic E-state index is 12.5. The summed E-state index contributed by atoms with van der Waals surface area (Å²) in [6.45, 7) is 6.04. The third-order valence-corrected chi connectivity index (χ3v) is 4.76. The summed E-state index contributed by atoms with van der Waals surface area (Å²) in [5.41, 5.74) is 0. The number of carbonyl (C=O) groups excluding carboxylic acids is 1. The fraction of sp³-hybridized carbons (Fsp3) is 0.938. The Balaban J connectivity index is 1.73. The first-order valence-electron chi connectivity index (χ1n) is 8.49. The number of amides is 1. The van der Waals surface area contributed by atoms with Crippen LogP contribution in [0.1, 0.15) is 45.4 Å². The van der Waals surface area contributed by atoms with E-state index in [2.05, 4.69) is 16.7 Å². The molecule has 0 radical (unpaired) electrons. The minimum Gasteiger partial charge on any atom is -0.394 e. The van der Waals surface area contributed by atoms with E-state index in [1.807, 2.05) is 0 Å². The molecule has 2 saturated heterocycles. The zero-order valence-corrected chi connectivity index (χ0v) is 13.3. The quantitative estimate of drug-likeness (QED) is 0.802. The van der Waals surface area contributed by atoms with Gasteiger partial charge in [-0.05, 0) is 38.5 Å². The van der Waals surface area contributed by atoms with Crippen molar-refractivity contribution < 1.29 is 14.6 Å². The van der Waals surface area contributed by atoms with Crippen LogP contribution in [0.15, 0.2) is 0 Å². The van der Waals surface area contributed by atoms with E-state index in [1.54, 1.807) is 0 Å². The van der Waals surface area contributed by atoms with Gasteiger partial charge in [0.1, 0.15) is 0 Å². The van der Waals surface area contributed by atoms with Crippen LogP contribution in [0.2, 0.25) is 0 Å². The normalized spacial score (nSPS) is 25.2. The lowest BCUT2D eigenvalue weighted by atomic mass is 10.00. The van der Waals surface area contributed by atoms with Gasteiger partial charge in [-0.15, -0.1) is 0 Å². The zero-order chi connectivity index (χ0) is 15.1. The van der Waals surface area contributed by atoms with Gasteiger partial charge in [0.2, 0.25) is 5.91 Å². The molecule has 21 heavy (non-hydrogen) atoms. The van der Waals surface area contributed by atoms with E-state index in [1.165, 1.54) is 12.8 Å². The molecule has 0 spiro atoms. The molecule has 122 valence electrons. The third-order valence-electron chi connectivity index (χ3n) is 4.76.